The number of nitrogens with one attached hydrogen (secondary N) is 1. The number of hydrogen-bond donors (Lipinski definition) is 2. The minimum absolute atomic E-state index is 0.236. The van der Waals surface area contributed by atoms with Gasteiger partial charge in [0.1, 0.15) is 0 Å². The monoisotopic (exact) mass is 426 g/mol. The molecule has 0 bridgehead atoms. The molecule has 32 heavy (non-hydrogen) atoms. The second kappa shape index (κ2) is 8.78. The van der Waals surface area contributed by atoms with Crippen LogP contribution in [0.1, 0.15) is 36.4 Å². The van der Waals surface area contributed by atoms with Gasteiger partial charge in [0.25, 0.3) is 0 Å². The quantitative estimate of drug-likeness (QED) is 0.503. The Balaban J connectivity index is 1.15. The van der Waals surface area contributed by atoms with Gasteiger partial charge < -0.3 is 15.6 Å². The highest BCUT2D eigenvalue weighted by Crippen LogP contribution is 2.28. The molecular weight excluding hydrogens is 400 g/mol. The van der Waals surface area contributed by atoms with Crippen LogP contribution >= 0.6 is 0 Å². The first-order valence-electron chi connectivity index (χ1n) is 11.0. The maximum atomic E-state index is 12.8. The number of aromatic nitrogens is 4. The molecule has 1 aliphatic heterocycles. The number of para-hydroxylation sites is 1. The maximum absolute atomic E-state index is 12.8. The Bertz CT molecular complexity index is 1210. The third-order valence-corrected chi connectivity index (χ3v) is 6.34. The highest BCUT2D eigenvalue weighted by atomic mass is 16.2. The lowest BCUT2D eigenvalue weighted by Crippen LogP contribution is -2.38. The summed E-state index contributed by atoms with van der Waals surface area (Å²) in [6.07, 6.45) is 10.5. The van der Waals surface area contributed by atoms with Crippen molar-refractivity contribution in [2.75, 3.05) is 18.8 Å². The summed E-state index contributed by atoms with van der Waals surface area (Å²) < 4.78 is 0. The summed E-state index contributed by atoms with van der Waals surface area (Å²) in [6, 6.07) is 12.4. The molecule has 0 spiro atoms. The number of amides is 1. The van der Waals surface area contributed by atoms with Crippen LogP contribution < -0.4 is 5.73 Å². The summed E-state index contributed by atoms with van der Waals surface area (Å²) in [7, 11) is 0. The van der Waals surface area contributed by atoms with Gasteiger partial charge in [-0.2, -0.15) is 0 Å². The minimum atomic E-state index is 0.236. The minimum Gasteiger partial charge on any atom is -0.368 e. The molecule has 7 nitrogen and oxygen atoms in total. The topological polar surface area (TPSA) is 101 Å². The van der Waals surface area contributed by atoms with Gasteiger partial charge in [0.15, 0.2) is 0 Å². The Morgan fingerprint density at radius 1 is 1.00 bits per heavy atom. The SMILES string of the molecule is Nc1ncc(-c2ccc(C3CCN(C(=O)CCc4c[nH]c5ccccc45)CC3)nc2)cn1. The third kappa shape index (κ3) is 4.19. The van der Waals surface area contributed by atoms with Crippen molar-refractivity contribution in [1.29, 1.82) is 0 Å². The molecule has 0 unspecified atom stereocenters. The summed E-state index contributed by atoms with van der Waals surface area (Å²) in [4.78, 5) is 30.8. The molecule has 162 valence electrons. The van der Waals surface area contributed by atoms with Crippen LogP contribution in [0.15, 0.2) is 61.2 Å². The molecule has 1 amide bonds. The van der Waals surface area contributed by atoms with Crippen molar-refractivity contribution in [3.05, 3.63) is 72.4 Å². The lowest BCUT2D eigenvalue weighted by Gasteiger charge is -2.32. The van der Waals surface area contributed by atoms with Crippen molar-refractivity contribution in [3.63, 3.8) is 0 Å². The van der Waals surface area contributed by atoms with E-state index in [1.165, 1.54) is 10.9 Å². The van der Waals surface area contributed by atoms with Crippen molar-refractivity contribution in [2.24, 2.45) is 0 Å². The largest absolute Gasteiger partial charge is 0.368 e. The van der Waals surface area contributed by atoms with E-state index in [0.29, 0.717) is 12.3 Å². The molecule has 1 saturated heterocycles. The first-order valence-corrected chi connectivity index (χ1v) is 11.0. The molecule has 0 aliphatic carbocycles. The van der Waals surface area contributed by atoms with E-state index in [0.717, 1.165) is 54.7 Å². The Labute approximate surface area is 186 Å². The van der Waals surface area contributed by atoms with Gasteiger partial charge in [0, 0.05) is 77.9 Å². The van der Waals surface area contributed by atoms with Crippen LogP contribution in [0.25, 0.3) is 22.0 Å². The molecular formula is C25H26N6O. The fourth-order valence-corrected chi connectivity index (χ4v) is 4.47. The van der Waals surface area contributed by atoms with E-state index < -0.39 is 0 Å². The molecule has 4 aromatic rings. The molecule has 0 radical (unpaired) electrons. The predicted octanol–water partition coefficient (Wildman–Crippen LogP) is 3.94. The van der Waals surface area contributed by atoms with Gasteiger partial charge in [-0.15, -0.1) is 0 Å². The molecule has 0 atom stereocenters. The first kappa shape index (κ1) is 20.2. The second-order valence-corrected chi connectivity index (χ2v) is 8.32. The smallest absolute Gasteiger partial charge is 0.222 e. The van der Waals surface area contributed by atoms with Crippen LogP contribution in [-0.4, -0.2) is 43.8 Å². The van der Waals surface area contributed by atoms with Crippen LogP contribution in [0.4, 0.5) is 5.95 Å². The van der Waals surface area contributed by atoms with Gasteiger partial charge >= 0.3 is 0 Å². The van der Waals surface area contributed by atoms with Gasteiger partial charge in [0.2, 0.25) is 11.9 Å². The second-order valence-electron chi connectivity index (χ2n) is 8.32. The molecule has 3 aromatic heterocycles. The van der Waals surface area contributed by atoms with Crippen LogP contribution in [0.2, 0.25) is 0 Å². The fraction of sp³-hybridized carbons (Fsp3) is 0.280. The molecule has 1 aliphatic rings. The number of likely N-dealkylation sites (tertiary alicyclic amines) is 1. The van der Waals surface area contributed by atoms with Crippen molar-refractivity contribution in [3.8, 4) is 11.1 Å². The average molecular weight is 427 g/mol. The first-order chi connectivity index (χ1) is 15.7. The van der Waals surface area contributed by atoms with E-state index in [9.17, 15) is 4.79 Å². The molecule has 3 N–H and O–H groups in total. The molecule has 4 heterocycles. The highest BCUT2D eigenvalue weighted by Gasteiger charge is 2.24. The number of nitrogens with two attached hydrogens (primary N) is 1. The van der Waals surface area contributed by atoms with Gasteiger partial charge in [-0.1, -0.05) is 24.3 Å². The van der Waals surface area contributed by atoms with E-state index in [-0.39, 0.29) is 11.9 Å². The maximum Gasteiger partial charge on any atom is 0.222 e. The van der Waals surface area contributed by atoms with E-state index in [1.807, 2.05) is 29.4 Å². The van der Waals surface area contributed by atoms with Crippen LogP contribution in [0.5, 0.6) is 0 Å². The lowest BCUT2D eigenvalue weighted by atomic mass is 9.92. The van der Waals surface area contributed by atoms with Gasteiger partial charge in [-0.25, -0.2) is 9.97 Å². The summed E-state index contributed by atoms with van der Waals surface area (Å²) >= 11 is 0. The van der Waals surface area contributed by atoms with E-state index >= 15 is 0 Å². The summed E-state index contributed by atoms with van der Waals surface area (Å²) in [6.45, 7) is 1.57. The number of pyridine rings is 1. The summed E-state index contributed by atoms with van der Waals surface area (Å²) in [5.74, 6) is 0.880. The number of fused-ring (bicyclic) bond motifs is 1. The number of carbonyl (C=O) groups excluding carboxylic acids is 1. The van der Waals surface area contributed by atoms with Gasteiger partial charge in [0.05, 0.1) is 0 Å². The van der Waals surface area contributed by atoms with Crippen LogP contribution in [-0.2, 0) is 11.2 Å². The molecule has 1 aromatic carbocycles. The number of H-pyrrole nitrogens is 1. The standard InChI is InChI=1S/C25H26N6O/c26-25-29-15-20(16-30-25)18-5-7-22(27-13-18)17-9-11-31(12-10-17)24(32)8-6-19-14-28-23-4-2-1-3-21(19)23/h1-5,7,13-17,28H,6,8-12H2,(H2,26,29,30). The van der Waals surface area contributed by atoms with Crippen molar-refractivity contribution >= 4 is 22.8 Å². The highest BCUT2D eigenvalue weighted by molar-refractivity contribution is 5.84. The number of nitrogen functional groups attached to an aromatic ring is 1. The Kier molecular flexibility index (Phi) is 5.54. The molecule has 7 heteroatoms. The number of carbonyl (C=O) groups is 1. The number of anilines is 1. The normalized spacial score (nSPS) is 14.7. The predicted molar refractivity (Wildman–Crippen MR) is 125 cm³/mol. The van der Waals surface area contributed by atoms with Crippen molar-refractivity contribution < 1.29 is 4.79 Å². The van der Waals surface area contributed by atoms with Crippen LogP contribution in [0, 0.1) is 0 Å². The summed E-state index contributed by atoms with van der Waals surface area (Å²) in [5, 5.41) is 1.21. The summed E-state index contributed by atoms with van der Waals surface area (Å²) in [5.41, 5.74) is 10.8. The van der Waals surface area contributed by atoms with E-state index in [2.05, 4.69) is 44.2 Å². The number of piperidine rings is 1. The fourth-order valence-electron chi connectivity index (χ4n) is 4.47. The Morgan fingerprint density at radius 2 is 1.75 bits per heavy atom. The number of hydrogen-bond acceptors (Lipinski definition) is 5. The third-order valence-electron chi connectivity index (χ3n) is 6.34. The average Bonchev–Trinajstić information content (AvgIpc) is 3.26. The van der Waals surface area contributed by atoms with Crippen LogP contribution in [0.3, 0.4) is 0 Å². The Morgan fingerprint density at radius 3 is 2.50 bits per heavy atom. The van der Waals surface area contributed by atoms with E-state index in [4.69, 9.17) is 5.73 Å². The van der Waals surface area contributed by atoms with Gasteiger partial charge in [-0.3, -0.25) is 9.78 Å². The molecule has 5 rings (SSSR count). The van der Waals surface area contributed by atoms with Crippen molar-refractivity contribution in [1.82, 2.24) is 24.8 Å². The lowest BCUT2D eigenvalue weighted by molar-refractivity contribution is -0.132. The van der Waals surface area contributed by atoms with Gasteiger partial charge in [-0.05, 0) is 37.0 Å². The number of aromatic amines is 1. The number of nitrogens with zero attached hydrogens (tertiary/aromatic N) is 4. The van der Waals surface area contributed by atoms with Crippen molar-refractivity contribution in [2.45, 2.75) is 31.6 Å². The number of benzene rings is 1. The zero-order chi connectivity index (χ0) is 21.9. The molecule has 1 fully saturated rings. The Hall–Kier alpha value is -3.74. The number of rotatable bonds is 5. The number of aryl methyl sites for hydroxylation is 1. The zero-order valence-electron chi connectivity index (χ0n) is 17.9. The molecule has 0 saturated carbocycles. The zero-order valence-corrected chi connectivity index (χ0v) is 17.9. The van der Waals surface area contributed by atoms with E-state index in [1.54, 1.807) is 12.4 Å².